The number of nitrogens with zero attached hydrogens (tertiary/aromatic N) is 5. The second-order valence-corrected chi connectivity index (χ2v) is 7.59. The maximum Gasteiger partial charge on any atom is 0.293 e. The van der Waals surface area contributed by atoms with Gasteiger partial charge in [0.1, 0.15) is 5.69 Å². The van der Waals surface area contributed by atoms with Gasteiger partial charge in [-0.25, -0.2) is 0 Å². The molecule has 0 aliphatic carbocycles. The molecule has 1 atom stereocenters. The number of hydrogen-bond donors (Lipinski definition) is 0. The summed E-state index contributed by atoms with van der Waals surface area (Å²) in [6, 6.07) is 17.3. The Morgan fingerprint density at radius 2 is 1.94 bits per heavy atom. The van der Waals surface area contributed by atoms with E-state index >= 15 is 0 Å². The number of piperidine rings is 1. The monoisotopic (exact) mass is 417 g/mol. The lowest BCUT2D eigenvalue weighted by atomic mass is 10.0. The summed E-state index contributed by atoms with van der Waals surface area (Å²) < 4.78 is 0. The highest BCUT2D eigenvalue weighted by Crippen LogP contribution is 2.32. The van der Waals surface area contributed by atoms with Crippen molar-refractivity contribution in [3.8, 4) is 0 Å². The van der Waals surface area contributed by atoms with Crippen LogP contribution in [0, 0.1) is 10.1 Å². The van der Waals surface area contributed by atoms with E-state index in [1.165, 1.54) is 6.07 Å². The second kappa shape index (κ2) is 8.91. The normalized spacial score (nSPS) is 16.0. The van der Waals surface area contributed by atoms with Crippen molar-refractivity contribution < 1.29 is 9.72 Å². The number of benzene rings is 2. The van der Waals surface area contributed by atoms with Crippen molar-refractivity contribution in [3.05, 3.63) is 88.1 Å². The Kier molecular flexibility index (Phi) is 5.88. The van der Waals surface area contributed by atoms with Crippen molar-refractivity contribution >= 4 is 23.0 Å². The van der Waals surface area contributed by atoms with E-state index < -0.39 is 4.92 Å². The highest BCUT2D eigenvalue weighted by atomic mass is 16.6. The molecule has 31 heavy (non-hydrogen) atoms. The Hall–Kier alpha value is -3.81. The summed E-state index contributed by atoms with van der Waals surface area (Å²) in [5, 5.41) is 20.0. The van der Waals surface area contributed by atoms with E-state index in [0.29, 0.717) is 23.4 Å². The van der Waals surface area contributed by atoms with Crippen molar-refractivity contribution in [3.63, 3.8) is 0 Å². The molecule has 2 aromatic carbocycles. The SMILES string of the molecule is CN(c1ccc(C(=O)c2ccccc2)cc1[N+](=O)[O-])C1CCCN(c2cccnn2)C1. The summed E-state index contributed by atoms with van der Waals surface area (Å²) in [7, 11) is 1.87. The van der Waals surface area contributed by atoms with Gasteiger partial charge in [-0.15, -0.1) is 5.10 Å². The summed E-state index contributed by atoms with van der Waals surface area (Å²) in [6.07, 6.45) is 3.50. The molecule has 158 valence electrons. The molecule has 1 saturated heterocycles. The third-order valence-corrected chi connectivity index (χ3v) is 5.68. The zero-order valence-corrected chi connectivity index (χ0v) is 17.2. The number of anilines is 2. The number of carbonyl (C=O) groups is 1. The number of ketones is 1. The van der Waals surface area contributed by atoms with Gasteiger partial charge in [0.25, 0.3) is 5.69 Å². The molecule has 0 saturated carbocycles. The van der Waals surface area contributed by atoms with Crippen LogP contribution in [-0.2, 0) is 0 Å². The Balaban J connectivity index is 1.59. The van der Waals surface area contributed by atoms with Crippen molar-refractivity contribution in [1.29, 1.82) is 0 Å². The molecular formula is C23H23N5O3. The first-order valence-corrected chi connectivity index (χ1v) is 10.2. The summed E-state index contributed by atoms with van der Waals surface area (Å²) in [4.78, 5) is 28.3. The zero-order chi connectivity index (χ0) is 21.8. The van der Waals surface area contributed by atoms with E-state index in [2.05, 4.69) is 15.1 Å². The van der Waals surface area contributed by atoms with E-state index in [9.17, 15) is 14.9 Å². The third-order valence-electron chi connectivity index (χ3n) is 5.68. The molecule has 0 N–H and O–H groups in total. The van der Waals surface area contributed by atoms with E-state index in [1.54, 1.807) is 42.6 Å². The van der Waals surface area contributed by atoms with Crippen molar-refractivity contribution in [2.75, 3.05) is 29.9 Å². The number of carbonyl (C=O) groups excluding carboxylic acids is 1. The highest BCUT2D eigenvalue weighted by Gasteiger charge is 2.29. The fraction of sp³-hybridized carbons (Fsp3) is 0.261. The highest BCUT2D eigenvalue weighted by molar-refractivity contribution is 6.09. The first kappa shape index (κ1) is 20.5. The number of likely N-dealkylation sites (N-methyl/N-ethyl adjacent to an activating group) is 1. The lowest BCUT2D eigenvalue weighted by Crippen LogP contribution is -2.47. The fourth-order valence-corrected chi connectivity index (χ4v) is 4.00. The van der Waals surface area contributed by atoms with Gasteiger partial charge >= 0.3 is 0 Å². The van der Waals surface area contributed by atoms with Crippen LogP contribution in [0.5, 0.6) is 0 Å². The van der Waals surface area contributed by atoms with Crippen LogP contribution in [0.25, 0.3) is 0 Å². The van der Waals surface area contributed by atoms with Gasteiger partial charge in [0.15, 0.2) is 11.6 Å². The van der Waals surface area contributed by atoms with E-state index in [1.807, 2.05) is 30.1 Å². The van der Waals surface area contributed by atoms with Gasteiger partial charge in [0, 0.05) is 49.6 Å². The molecule has 1 aromatic heterocycles. The van der Waals surface area contributed by atoms with Gasteiger partial charge in [0.05, 0.1) is 4.92 Å². The van der Waals surface area contributed by atoms with Crippen LogP contribution in [0.2, 0.25) is 0 Å². The van der Waals surface area contributed by atoms with Crippen LogP contribution in [0.15, 0.2) is 66.9 Å². The second-order valence-electron chi connectivity index (χ2n) is 7.59. The molecule has 3 aromatic rings. The maximum absolute atomic E-state index is 12.7. The molecule has 8 heteroatoms. The number of hydrogen-bond acceptors (Lipinski definition) is 7. The quantitative estimate of drug-likeness (QED) is 0.343. The maximum atomic E-state index is 12.7. The van der Waals surface area contributed by atoms with Crippen molar-refractivity contribution in [1.82, 2.24) is 10.2 Å². The minimum Gasteiger partial charge on any atom is -0.364 e. The average Bonchev–Trinajstić information content (AvgIpc) is 2.84. The summed E-state index contributed by atoms with van der Waals surface area (Å²) >= 11 is 0. The van der Waals surface area contributed by atoms with Gasteiger partial charge in [0.2, 0.25) is 0 Å². The van der Waals surface area contributed by atoms with Crippen LogP contribution >= 0.6 is 0 Å². The minimum atomic E-state index is -0.420. The molecule has 1 fully saturated rings. The Morgan fingerprint density at radius 3 is 2.65 bits per heavy atom. The first-order valence-electron chi connectivity index (χ1n) is 10.2. The lowest BCUT2D eigenvalue weighted by Gasteiger charge is -2.38. The van der Waals surface area contributed by atoms with Gasteiger partial charge < -0.3 is 9.80 Å². The van der Waals surface area contributed by atoms with Crippen LogP contribution < -0.4 is 9.80 Å². The standard InChI is InChI=1S/C23H23N5O3/c1-26(19-9-6-14-27(16-19)22-10-5-13-24-25-22)20-12-11-18(15-21(20)28(30)31)23(29)17-7-3-2-4-8-17/h2-5,7-8,10-13,15,19H,6,9,14,16H2,1H3. The molecule has 2 heterocycles. The predicted molar refractivity (Wildman–Crippen MR) is 119 cm³/mol. The predicted octanol–water partition coefficient (Wildman–Crippen LogP) is 3.72. The molecule has 8 nitrogen and oxygen atoms in total. The van der Waals surface area contributed by atoms with E-state index in [4.69, 9.17) is 0 Å². The number of nitro benzene ring substituents is 1. The Morgan fingerprint density at radius 1 is 1.13 bits per heavy atom. The zero-order valence-electron chi connectivity index (χ0n) is 17.2. The Bertz CT molecular complexity index is 1080. The van der Waals surface area contributed by atoms with E-state index in [-0.39, 0.29) is 17.5 Å². The van der Waals surface area contributed by atoms with Gasteiger partial charge in [-0.05, 0) is 37.1 Å². The number of rotatable bonds is 6. The molecule has 1 aliphatic rings. The molecule has 4 rings (SSSR count). The number of nitro groups is 1. The number of aromatic nitrogens is 2. The van der Waals surface area contributed by atoms with Crippen molar-refractivity contribution in [2.24, 2.45) is 0 Å². The molecular weight excluding hydrogens is 394 g/mol. The van der Waals surface area contributed by atoms with Gasteiger partial charge in [-0.1, -0.05) is 30.3 Å². The molecule has 1 aliphatic heterocycles. The molecule has 0 bridgehead atoms. The van der Waals surface area contributed by atoms with Crippen LogP contribution in [0.1, 0.15) is 28.8 Å². The Labute approximate surface area is 180 Å². The van der Waals surface area contributed by atoms with Crippen molar-refractivity contribution in [2.45, 2.75) is 18.9 Å². The summed E-state index contributed by atoms with van der Waals surface area (Å²) in [5.41, 5.74) is 1.24. The van der Waals surface area contributed by atoms with Crippen LogP contribution in [-0.4, -0.2) is 47.1 Å². The molecule has 0 radical (unpaired) electrons. The first-order chi connectivity index (χ1) is 15.0. The molecule has 0 spiro atoms. The van der Waals surface area contributed by atoms with E-state index in [0.717, 1.165) is 25.2 Å². The molecule has 1 unspecified atom stereocenters. The lowest BCUT2D eigenvalue weighted by molar-refractivity contribution is -0.384. The van der Waals surface area contributed by atoms with Gasteiger partial charge in [-0.3, -0.25) is 14.9 Å². The minimum absolute atomic E-state index is 0.0686. The molecule has 0 amide bonds. The smallest absolute Gasteiger partial charge is 0.293 e. The third kappa shape index (κ3) is 4.37. The summed E-state index contributed by atoms with van der Waals surface area (Å²) in [6.45, 7) is 1.56. The average molecular weight is 417 g/mol. The summed E-state index contributed by atoms with van der Waals surface area (Å²) in [5.74, 6) is 0.573. The van der Waals surface area contributed by atoms with Gasteiger partial charge in [-0.2, -0.15) is 5.10 Å². The van der Waals surface area contributed by atoms with Crippen LogP contribution in [0.3, 0.4) is 0 Å². The largest absolute Gasteiger partial charge is 0.364 e. The fourth-order valence-electron chi connectivity index (χ4n) is 4.00. The van der Waals surface area contributed by atoms with Crippen LogP contribution in [0.4, 0.5) is 17.2 Å². The topological polar surface area (TPSA) is 92.5 Å².